The molecule has 1 aliphatic carbocycles. The van der Waals surface area contributed by atoms with Crippen LogP contribution in [-0.4, -0.2) is 40.0 Å². The average molecular weight is 169 g/mol. The van der Waals surface area contributed by atoms with E-state index in [0.29, 0.717) is 6.42 Å². The third-order valence-electron chi connectivity index (χ3n) is 3.44. The lowest BCUT2D eigenvalue weighted by Gasteiger charge is -2.18. The summed E-state index contributed by atoms with van der Waals surface area (Å²) in [7, 11) is 0. The number of Topliss-reactive ketones (excluding diaryl/α,β-unsaturated/α-hetero) is 1. The first-order chi connectivity index (χ1) is 5.68. The van der Waals surface area contributed by atoms with Gasteiger partial charge in [0.05, 0.1) is 17.7 Å². The minimum atomic E-state index is -0.417. The van der Waals surface area contributed by atoms with Gasteiger partial charge in [0.15, 0.2) is 5.78 Å². The van der Waals surface area contributed by atoms with Crippen LogP contribution in [0.1, 0.15) is 26.7 Å². The maximum absolute atomic E-state index is 11.4. The van der Waals surface area contributed by atoms with Gasteiger partial charge in [-0.05, 0) is 13.0 Å². The van der Waals surface area contributed by atoms with E-state index in [4.69, 9.17) is 0 Å². The van der Waals surface area contributed by atoms with E-state index >= 15 is 0 Å². The average Bonchev–Trinajstić information content (AvgIpc) is 2.65. The van der Waals surface area contributed by atoms with E-state index in [9.17, 15) is 9.90 Å². The summed E-state index contributed by atoms with van der Waals surface area (Å²) in [5.41, 5.74) is -0.161. The van der Waals surface area contributed by atoms with Crippen molar-refractivity contribution in [3.05, 3.63) is 0 Å². The number of likely N-dealkylation sites (tertiary alicyclic amines) is 1. The molecule has 1 aliphatic heterocycles. The molecular formula is C9H15NO2. The molecule has 1 heterocycles. The first-order valence-electron chi connectivity index (χ1n) is 4.66. The van der Waals surface area contributed by atoms with Crippen LogP contribution in [0.5, 0.6) is 0 Å². The molecule has 3 nitrogen and oxygen atoms in total. The first-order valence-corrected chi connectivity index (χ1v) is 4.66. The number of rotatable bonds is 2. The maximum Gasteiger partial charge on any atom is 0.154 e. The molecule has 1 unspecified atom stereocenters. The highest BCUT2D eigenvalue weighted by molar-refractivity contribution is 5.93. The van der Waals surface area contributed by atoms with Crippen LogP contribution in [-0.2, 0) is 4.79 Å². The summed E-state index contributed by atoms with van der Waals surface area (Å²) in [6.45, 7) is 4.96. The number of fused-ring (bicyclic) bond motifs is 1. The van der Waals surface area contributed by atoms with Gasteiger partial charge in [-0.25, -0.2) is 0 Å². The highest BCUT2D eigenvalue weighted by atomic mass is 16.3. The van der Waals surface area contributed by atoms with Gasteiger partial charge in [0, 0.05) is 6.42 Å². The molecule has 12 heavy (non-hydrogen) atoms. The third kappa shape index (κ3) is 0.666. The Balaban J connectivity index is 2.25. The highest BCUT2D eigenvalue weighted by Crippen LogP contribution is 2.52. The van der Waals surface area contributed by atoms with Crippen LogP contribution >= 0.6 is 0 Å². The van der Waals surface area contributed by atoms with E-state index in [0.717, 1.165) is 13.0 Å². The van der Waals surface area contributed by atoms with Gasteiger partial charge in [0.1, 0.15) is 0 Å². The summed E-state index contributed by atoms with van der Waals surface area (Å²) < 4.78 is 0. The topological polar surface area (TPSA) is 40.3 Å². The van der Waals surface area contributed by atoms with Crippen molar-refractivity contribution in [2.75, 3.05) is 6.54 Å². The molecule has 0 bridgehead atoms. The summed E-state index contributed by atoms with van der Waals surface area (Å²) in [5.74, 6) is 0.228. The van der Waals surface area contributed by atoms with Crippen LogP contribution in [0.4, 0.5) is 0 Å². The zero-order valence-corrected chi connectivity index (χ0v) is 7.58. The van der Waals surface area contributed by atoms with E-state index in [1.165, 1.54) is 0 Å². The number of aliphatic hydroxyl groups excluding tert-OH is 1. The van der Waals surface area contributed by atoms with Crippen molar-refractivity contribution in [1.29, 1.82) is 0 Å². The van der Waals surface area contributed by atoms with Crippen molar-refractivity contribution >= 4 is 5.78 Å². The monoisotopic (exact) mass is 169 g/mol. The van der Waals surface area contributed by atoms with E-state index in [1.807, 2.05) is 13.8 Å². The Bertz CT molecular complexity index is 229. The van der Waals surface area contributed by atoms with E-state index in [2.05, 4.69) is 4.90 Å². The Hall–Kier alpha value is -0.410. The fourth-order valence-electron chi connectivity index (χ4n) is 2.82. The lowest BCUT2D eigenvalue weighted by atomic mass is 10.0. The zero-order chi connectivity index (χ0) is 8.93. The Labute approximate surface area is 72.4 Å². The summed E-state index contributed by atoms with van der Waals surface area (Å²) in [6.07, 6.45) is 0.841. The number of nitrogens with zero attached hydrogens (tertiary/aromatic N) is 1. The Morgan fingerprint density at radius 1 is 1.67 bits per heavy atom. The molecule has 2 rings (SSSR count). The largest absolute Gasteiger partial charge is 0.391 e. The molecule has 0 aromatic carbocycles. The second-order valence-electron chi connectivity index (χ2n) is 3.72. The molecule has 0 aromatic rings. The third-order valence-corrected chi connectivity index (χ3v) is 3.44. The number of ketones is 1. The van der Waals surface area contributed by atoms with Crippen LogP contribution in [0.3, 0.4) is 0 Å². The second kappa shape index (κ2) is 2.30. The molecule has 0 aromatic heterocycles. The number of aliphatic hydroxyl groups is 1. The fraction of sp³-hybridized carbons (Fsp3) is 0.889. The highest BCUT2D eigenvalue weighted by Gasteiger charge is 2.71. The number of piperidine rings is 1. The van der Waals surface area contributed by atoms with Gasteiger partial charge in [0.2, 0.25) is 0 Å². The van der Waals surface area contributed by atoms with Crippen molar-refractivity contribution in [3.63, 3.8) is 0 Å². The minimum absolute atomic E-state index is 0.0440. The molecule has 0 amide bonds. The zero-order valence-electron chi connectivity index (χ0n) is 7.58. The summed E-state index contributed by atoms with van der Waals surface area (Å²) in [6, 6.07) is 0.0440. The normalized spacial score (nSPS) is 50.9. The molecule has 1 N–H and O–H groups in total. The van der Waals surface area contributed by atoms with E-state index < -0.39 is 6.10 Å². The van der Waals surface area contributed by atoms with Crippen molar-refractivity contribution < 1.29 is 9.90 Å². The minimum Gasteiger partial charge on any atom is -0.391 e. The Morgan fingerprint density at radius 3 is 2.67 bits per heavy atom. The van der Waals surface area contributed by atoms with Gasteiger partial charge in [0.25, 0.3) is 0 Å². The lowest BCUT2D eigenvalue weighted by Crippen LogP contribution is -2.32. The number of carbonyl (C=O) groups is 1. The molecule has 0 spiro atoms. The van der Waals surface area contributed by atoms with Crippen molar-refractivity contribution in [1.82, 2.24) is 4.90 Å². The number of hydrogen-bond donors (Lipinski definition) is 1. The van der Waals surface area contributed by atoms with Gasteiger partial charge in [-0.15, -0.1) is 0 Å². The quantitative estimate of drug-likeness (QED) is 0.599. The first kappa shape index (κ1) is 8.20. The predicted octanol–water partition coefficient (Wildman–Crippen LogP) is 0.173. The molecule has 0 radical (unpaired) electrons. The van der Waals surface area contributed by atoms with Crippen molar-refractivity contribution in [3.8, 4) is 0 Å². The standard InChI is InChI=1S/C9H15NO2/c1-3-9-7(12)5-6(11)8(9)10(9)4-2/h7-8,12H,3-5H2,1-2H3/t7-,8+,9-,10?/m0/s1. The maximum atomic E-state index is 11.4. The van der Waals surface area contributed by atoms with Gasteiger partial charge >= 0.3 is 0 Å². The second-order valence-corrected chi connectivity index (χ2v) is 3.72. The molecule has 68 valence electrons. The molecular weight excluding hydrogens is 154 g/mol. The molecule has 1 saturated carbocycles. The van der Waals surface area contributed by atoms with E-state index in [-0.39, 0.29) is 17.4 Å². The van der Waals surface area contributed by atoms with Gasteiger partial charge in [-0.1, -0.05) is 13.8 Å². The SMILES string of the molecule is CCN1[C@@H]2C(=O)C[C@H](O)[C@@]21CC. The number of hydrogen-bond acceptors (Lipinski definition) is 3. The molecule has 4 atom stereocenters. The van der Waals surface area contributed by atoms with Gasteiger partial charge in [-0.3, -0.25) is 9.69 Å². The molecule has 2 aliphatic rings. The van der Waals surface area contributed by atoms with Crippen LogP contribution in [0.15, 0.2) is 0 Å². The summed E-state index contributed by atoms with van der Waals surface area (Å²) in [5, 5.41) is 9.70. The van der Waals surface area contributed by atoms with Crippen molar-refractivity contribution in [2.45, 2.75) is 44.4 Å². The van der Waals surface area contributed by atoms with Crippen LogP contribution in [0, 0.1) is 0 Å². The van der Waals surface area contributed by atoms with E-state index in [1.54, 1.807) is 0 Å². The molecule has 1 saturated heterocycles. The summed E-state index contributed by atoms with van der Waals surface area (Å²) in [4.78, 5) is 13.5. The Morgan fingerprint density at radius 2 is 2.33 bits per heavy atom. The Kier molecular flexibility index (Phi) is 1.57. The van der Waals surface area contributed by atoms with Crippen LogP contribution in [0.25, 0.3) is 0 Å². The lowest BCUT2D eigenvalue weighted by molar-refractivity contribution is -0.119. The van der Waals surface area contributed by atoms with Gasteiger partial charge < -0.3 is 5.11 Å². The number of likely N-dealkylation sites (N-methyl/N-ethyl adjacent to an activating group) is 1. The van der Waals surface area contributed by atoms with Crippen LogP contribution in [0.2, 0.25) is 0 Å². The molecule has 2 fully saturated rings. The van der Waals surface area contributed by atoms with Gasteiger partial charge in [-0.2, -0.15) is 0 Å². The molecule has 3 heteroatoms. The fourth-order valence-corrected chi connectivity index (χ4v) is 2.82. The van der Waals surface area contributed by atoms with Crippen LogP contribution < -0.4 is 0 Å². The smallest absolute Gasteiger partial charge is 0.154 e. The summed E-state index contributed by atoms with van der Waals surface area (Å²) >= 11 is 0. The van der Waals surface area contributed by atoms with Crippen molar-refractivity contribution in [2.24, 2.45) is 0 Å². The predicted molar refractivity (Wildman–Crippen MR) is 44.8 cm³/mol. The number of carbonyl (C=O) groups excluding carboxylic acids is 1.